The summed E-state index contributed by atoms with van der Waals surface area (Å²) < 4.78 is 0. The summed E-state index contributed by atoms with van der Waals surface area (Å²) in [5, 5.41) is 14.2. The molecular formula is C11H18N2O3. The van der Waals surface area contributed by atoms with Crippen LogP contribution in [-0.2, 0) is 9.59 Å². The van der Waals surface area contributed by atoms with Crippen LogP contribution in [-0.4, -0.2) is 35.6 Å². The molecule has 0 radical (unpaired) electrons. The van der Waals surface area contributed by atoms with Crippen molar-refractivity contribution in [1.82, 2.24) is 10.6 Å². The molecule has 0 aromatic rings. The molecule has 0 rings (SSSR count). The predicted octanol–water partition coefficient (Wildman–Crippen LogP) is -0.0328. The summed E-state index contributed by atoms with van der Waals surface area (Å²) >= 11 is 0. The van der Waals surface area contributed by atoms with Gasteiger partial charge in [0.2, 0.25) is 5.91 Å². The van der Waals surface area contributed by atoms with E-state index in [-0.39, 0.29) is 18.7 Å². The van der Waals surface area contributed by atoms with Crippen LogP contribution in [0.25, 0.3) is 0 Å². The minimum absolute atomic E-state index is 0.00131. The largest absolute Gasteiger partial charge is 0.480 e. The SMILES string of the molecule is C#CCC(NC(=O)CCNC(C)C)C(=O)O. The topological polar surface area (TPSA) is 78.4 Å². The molecule has 1 unspecified atom stereocenters. The first-order valence-corrected chi connectivity index (χ1v) is 5.16. The van der Waals surface area contributed by atoms with E-state index in [1.165, 1.54) is 0 Å². The monoisotopic (exact) mass is 226 g/mol. The molecule has 0 saturated carbocycles. The van der Waals surface area contributed by atoms with E-state index in [2.05, 4.69) is 16.6 Å². The van der Waals surface area contributed by atoms with Gasteiger partial charge in [-0.15, -0.1) is 12.3 Å². The predicted molar refractivity (Wildman–Crippen MR) is 60.8 cm³/mol. The van der Waals surface area contributed by atoms with Crippen LogP contribution in [0.3, 0.4) is 0 Å². The fourth-order valence-electron chi connectivity index (χ4n) is 1.06. The van der Waals surface area contributed by atoms with Gasteiger partial charge in [0, 0.05) is 25.4 Å². The zero-order valence-corrected chi connectivity index (χ0v) is 9.62. The van der Waals surface area contributed by atoms with Crippen molar-refractivity contribution in [3.8, 4) is 12.3 Å². The van der Waals surface area contributed by atoms with Gasteiger partial charge >= 0.3 is 5.97 Å². The van der Waals surface area contributed by atoms with Crippen LogP contribution >= 0.6 is 0 Å². The lowest BCUT2D eigenvalue weighted by Crippen LogP contribution is -2.41. The third-order valence-electron chi connectivity index (χ3n) is 1.86. The van der Waals surface area contributed by atoms with Crippen molar-refractivity contribution in [3.05, 3.63) is 0 Å². The second kappa shape index (κ2) is 7.71. The van der Waals surface area contributed by atoms with E-state index in [4.69, 9.17) is 11.5 Å². The molecule has 0 aliphatic rings. The number of aliphatic carboxylic acids is 1. The molecule has 0 fully saturated rings. The minimum Gasteiger partial charge on any atom is -0.480 e. The first kappa shape index (κ1) is 14.5. The molecule has 0 spiro atoms. The lowest BCUT2D eigenvalue weighted by molar-refractivity contribution is -0.141. The quantitative estimate of drug-likeness (QED) is 0.533. The summed E-state index contributed by atoms with van der Waals surface area (Å²) in [6, 6.07) is -0.690. The number of rotatable bonds is 7. The van der Waals surface area contributed by atoms with Gasteiger partial charge in [-0.25, -0.2) is 4.79 Å². The van der Waals surface area contributed by atoms with Crippen molar-refractivity contribution in [2.45, 2.75) is 38.8 Å². The van der Waals surface area contributed by atoms with Crippen LogP contribution < -0.4 is 10.6 Å². The molecule has 0 aromatic carbocycles. The number of hydrogen-bond donors (Lipinski definition) is 3. The molecule has 5 heteroatoms. The van der Waals surface area contributed by atoms with Crippen LogP contribution in [0.5, 0.6) is 0 Å². The average Bonchev–Trinajstić information content (AvgIpc) is 2.16. The van der Waals surface area contributed by atoms with E-state index in [1.54, 1.807) is 0 Å². The molecule has 0 aliphatic heterocycles. The highest BCUT2D eigenvalue weighted by molar-refractivity contribution is 5.83. The minimum atomic E-state index is -1.11. The Morgan fingerprint density at radius 3 is 2.50 bits per heavy atom. The second-order valence-corrected chi connectivity index (χ2v) is 3.73. The Kier molecular flexibility index (Phi) is 6.97. The Morgan fingerprint density at radius 1 is 1.44 bits per heavy atom. The van der Waals surface area contributed by atoms with Crippen molar-refractivity contribution < 1.29 is 14.7 Å². The van der Waals surface area contributed by atoms with Gasteiger partial charge in [-0.05, 0) is 0 Å². The van der Waals surface area contributed by atoms with E-state index in [9.17, 15) is 9.59 Å². The maximum atomic E-state index is 11.3. The number of carbonyl (C=O) groups is 2. The van der Waals surface area contributed by atoms with Crippen molar-refractivity contribution in [2.75, 3.05) is 6.54 Å². The number of nitrogens with one attached hydrogen (secondary N) is 2. The molecule has 0 aromatic heterocycles. The Labute approximate surface area is 95.6 Å². The Bertz CT molecular complexity index is 281. The Balaban J connectivity index is 3.92. The number of terminal acetylenes is 1. The molecule has 1 amide bonds. The number of amides is 1. The van der Waals surface area contributed by atoms with Crippen LogP contribution in [0.15, 0.2) is 0 Å². The van der Waals surface area contributed by atoms with E-state index >= 15 is 0 Å². The summed E-state index contributed by atoms with van der Waals surface area (Å²) in [7, 11) is 0. The number of carboxylic acids is 1. The lowest BCUT2D eigenvalue weighted by atomic mass is 10.2. The zero-order chi connectivity index (χ0) is 12.6. The number of hydrogen-bond acceptors (Lipinski definition) is 3. The van der Waals surface area contributed by atoms with Gasteiger partial charge in [0.05, 0.1) is 0 Å². The standard InChI is InChI=1S/C11H18N2O3/c1-4-5-9(11(15)16)13-10(14)6-7-12-8(2)3/h1,8-9,12H,5-7H2,2-3H3,(H,13,14)(H,15,16). The molecule has 5 nitrogen and oxygen atoms in total. The Morgan fingerprint density at radius 2 is 2.06 bits per heavy atom. The lowest BCUT2D eigenvalue weighted by Gasteiger charge is -2.12. The molecule has 1 atom stereocenters. The fourth-order valence-corrected chi connectivity index (χ4v) is 1.06. The van der Waals surface area contributed by atoms with Crippen molar-refractivity contribution >= 4 is 11.9 Å². The van der Waals surface area contributed by atoms with Gasteiger partial charge in [-0.3, -0.25) is 4.79 Å². The molecule has 0 bridgehead atoms. The normalized spacial score (nSPS) is 11.9. The summed E-state index contributed by atoms with van der Waals surface area (Å²) in [6.07, 6.45) is 5.25. The van der Waals surface area contributed by atoms with Crippen LogP contribution in [0.4, 0.5) is 0 Å². The van der Waals surface area contributed by atoms with E-state index in [0.717, 1.165) is 0 Å². The van der Waals surface area contributed by atoms with Crippen LogP contribution in [0.1, 0.15) is 26.7 Å². The summed E-state index contributed by atoms with van der Waals surface area (Å²) in [5.74, 6) is 0.800. The summed E-state index contributed by atoms with van der Waals surface area (Å²) in [4.78, 5) is 22.0. The van der Waals surface area contributed by atoms with Crippen LogP contribution in [0, 0.1) is 12.3 Å². The summed E-state index contributed by atoms with van der Waals surface area (Å²) in [5.41, 5.74) is 0. The third kappa shape index (κ3) is 6.85. The van der Waals surface area contributed by atoms with E-state index < -0.39 is 12.0 Å². The first-order chi connectivity index (χ1) is 7.47. The molecular weight excluding hydrogens is 208 g/mol. The van der Waals surface area contributed by atoms with Crippen molar-refractivity contribution in [2.24, 2.45) is 0 Å². The van der Waals surface area contributed by atoms with Gasteiger partial charge in [-0.2, -0.15) is 0 Å². The highest BCUT2D eigenvalue weighted by Crippen LogP contribution is 1.92. The van der Waals surface area contributed by atoms with Gasteiger partial charge in [0.25, 0.3) is 0 Å². The summed E-state index contributed by atoms with van der Waals surface area (Å²) in [6.45, 7) is 4.46. The molecule has 0 saturated heterocycles. The highest BCUT2D eigenvalue weighted by atomic mass is 16.4. The molecule has 0 aliphatic carbocycles. The second-order valence-electron chi connectivity index (χ2n) is 3.73. The van der Waals surface area contributed by atoms with Crippen molar-refractivity contribution in [3.63, 3.8) is 0 Å². The number of carbonyl (C=O) groups excluding carboxylic acids is 1. The van der Waals surface area contributed by atoms with Gasteiger partial charge in [0.15, 0.2) is 0 Å². The smallest absolute Gasteiger partial charge is 0.327 e. The highest BCUT2D eigenvalue weighted by Gasteiger charge is 2.18. The van der Waals surface area contributed by atoms with Gasteiger partial charge < -0.3 is 15.7 Å². The maximum absolute atomic E-state index is 11.3. The molecule has 0 heterocycles. The van der Waals surface area contributed by atoms with Crippen molar-refractivity contribution in [1.29, 1.82) is 0 Å². The van der Waals surface area contributed by atoms with Gasteiger partial charge in [-0.1, -0.05) is 13.8 Å². The third-order valence-corrected chi connectivity index (χ3v) is 1.86. The molecule has 90 valence electrons. The first-order valence-electron chi connectivity index (χ1n) is 5.16. The number of carboxylic acid groups (broad SMARTS) is 1. The molecule has 16 heavy (non-hydrogen) atoms. The average molecular weight is 226 g/mol. The van der Waals surface area contributed by atoms with Gasteiger partial charge in [0.1, 0.15) is 6.04 Å². The maximum Gasteiger partial charge on any atom is 0.327 e. The van der Waals surface area contributed by atoms with E-state index in [1.807, 2.05) is 13.8 Å². The van der Waals surface area contributed by atoms with E-state index in [0.29, 0.717) is 12.6 Å². The fraction of sp³-hybridized carbons (Fsp3) is 0.636. The zero-order valence-electron chi connectivity index (χ0n) is 9.62. The Hall–Kier alpha value is -1.54. The molecule has 3 N–H and O–H groups in total. The van der Waals surface area contributed by atoms with Crippen LogP contribution in [0.2, 0.25) is 0 Å².